The number of fused-ring (bicyclic) bond motifs is 1. The van der Waals surface area contributed by atoms with E-state index in [4.69, 9.17) is 0 Å². The molecule has 4 nitrogen and oxygen atoms in total. The minimum Gasteiger partial charge on any atom is -0.356 e. The molecule has 0 unspecified atom stereocenters. The third-order valence-electron chi connectivity index (χ3n) is 4.18. The van der Waals surface area contributed by atoms with Gasteiger partial charge in [-0.25, -0.2) is 9.37 Å². The Kier molecular flexibility index (Phi) is 4.80. The molecule has 1 amide bonds. The van der Waals surface area contributed by atoms with Crippen LogP contribution >= 0.6 is 11.3 Å². The largest absolute Gasteiger partial charge is 0.356 e. The molecule has 1 aliphatic heterocycles. The number of para-hydroxylation sites is 1. The molecule has 0 radical (unpaired) electrons. The van der Waals surface area contributed by atoms with Gasteiger partial charge in [-0.2, -0.15) is 0 Å². The van der Waals surface area contributed by atoms with Crippen LogP contribution in [0.15, 0.2) is 18.2 Å². The highest BCUT2D eigenvalue weighted by Gasteiger charge is 2.26. The van der Waals surface area contributed by atoms with Crippen molar-refractivity contribution in [1.82, 2.24) is 10.3 Å². The molecule has 0 atom stereocenters. The maximum Gasteiger partial charge on any atom is 0.223 e. The third kappa shape index (κ3) is 3.63. The predicted molar refractivity (Wildman–Crippen MR) is 92.4 cm³/mol. The Labute approximate surface area is 139 Å². The summed E-state index contributed by atoms with van der Waals surface area (Å²) < 4.78 is 14.6. The summed E-state index contributed by atoms with van der Waals surface area (Å²) in [5, 5.41) is 3.87. The monoisotopic (exact) mass is 335 g/mol. The van der Waals surface area contributed by atoms with E-state index in [1.54, 1.807) is 6.07 Å². The summed E-state index contributed by atoms with van der Waals surface area (Å²) in [5.74, 6) is 0.439. The van der Waals surface area contributed by atoms with Crippen molar-refractivity contribution in [2.45, 2.75) is 26.7 Å². The number of amides is 1. The van der Waals surface area contributed by atoms with E-state index in [1.807, 2.05) is 6.07 Å². The molecule has 0 bridgehead atoms. The lowest BCUT2D eigenvalue weighted by Gasteiger charge is -2.31. The number of carbonyl (C=O) groups excluding carboxylic acids is 1. The summed E-state index contributed by atoms with van der Waals surface area (Å²) in [7, 11) is 0. The summed E-state index contributed by atoms with van der Waals surface area (Å²) >= 11 is 1.52. The van der Waals surface area contributed by atoms with E-state index < -0.39 is 0 Å². The molecule has 124 valence electrons. The quantitative estimate of drug-likeness (QED) is 0.931. The Morgan fingerprint density at radius 2 is 2.17 bits per heavy atom. The van der Waals surface area contributed by atoms with Gasteiger partial charge in [0.25, 0.3) is 0 Å². The lowest BCUT2D eigenvalue weighted by atomic mass is 9.96. The Balaban J connectivity index is 1.62. The standard InChI is InChI=1S/C17H22FN3OS/c1-11(2)10-19-16(22)12-6-8-21(9-7-12)17-20-15-13(18)4-3-5-14(15)23-17/h3-5,11-12H,6-10H2,1-2H3,(H,19,22). The molecule has 1 aliphatic rings. The van der Waals surface area contributed by atoms with Crippen molar-refractivity contribution in [3.63, 3.8) is 0 Å². The fraction of sp³-hybridized carbons (Fsp3) is 0.529. The number of hydrogen-bond acceptors (Lipinski definition) is 4. The van der Waals surface area contributed by atoms with E-state index in [0.29, 0.717) is 11.4 Å². The zero-order valence-electron chi connectivity index (χ0n) is 13.5. The van der Waals surface area contributed by atoms with Crippen molar-refractivity contribution in [3.05, 3.63) is 24.0 Å². The molecule has 2 aromatic rings. The summed E-state index contributed by atoms with van der Waals surface area (Å²) in [5.41, 5.74) is 0.448. The number of benzene rings is 1. The number of rotatable bonds is 4. The van der Waals surface area contributed by atoms with Gasteiger partial charge in [-0.3, -0.25) is 4.79 Å². The van der Waals surface area contributed by atoms with Gasteiger partial charge in [0.05, 0.1) is 4.70 Å². The minimum absolute atomic E-state index is 0.0797. The van der Waals surface area contributed by atoms with Gasteiger partial charge in [0, 0.05) is 25.6 Å². The molecule has 1 saturated heterocycles. The Morgan fingerprint density at radius 1 is 1.43 bits per heavy atom. The molecule has 0 aliphatic carbocycles. The first-order chi connectivity index (χ1) is 11.0. The normalized spacial score (nSPS) is 16.3. The van der Waals surface area contributed by atoms with Gasteiger partial charge in [0.2, 0.25) is 5.91 Å². The molecular formula is C17H22FN3OS. The average molecular weight is 335 g/mol. The lowest BCUT2D eigenvalue weighted by Crippen LogP contribution is -2.41. The van der Waals surface area contributed by atoms with Crippen LogP contribution in [-0.2, 0) is 4.79 Å². The Bertz CT molecular complexity index is 692. The predicted octanol–water partition coefficient (Wildman–Crippen LogP) is 3.42. The number of nitrogens with zero attached hydrogens (tertiary/aromatic N) is 2. The summed E-state index contributed by atoms with van der Waals surface area (Å²) in [6.07, 6.45) is 1.64. The number of carbonyl (C=O) groups is 1. The smallest absolute Gasteiger partial charge is 0.223 e. The van der Waals surface area contributed by atoms with Crippen LogP contribution in [0.3, 0.4) is 0 Å². The molecule has 1 aromatic carbocycles. The second-order valence-electron chi connectivity index (χ2n) is 6.48. The third-order valence-corrected chi connectivity index (χ3v) is 5.26. The van der Waals surface area contributed by atoms with E-state index >= 15 is 0 Å². The van der Waals surface area contributed by atoms with Crippen LogP contribution in [0.25, 0.3) is 10.2 Å². The molecule has 1 fully saturated rings. The van der Waals surface area contributed by atoms with Crippen molar-refractivity contribution in [1.29, 1.82) is 0 Å². The lowest BCUT2D eigenvalue weighted by molar-refractivity contribution is -0.125. The van der Waals surface area contributed by atoms with Crippen LogP contribution in [0.4, 0.5) is 9.52 Å². The SMILES string of the molecule is CC(C)CNC(=O)C1CCN(c2nc3c(F)cccc3s2)CC1. The summed E-state index contributed by atoms with van der Waals surface area (Å²) in [6.45, 7) is 6.50. The van der Waals surface area contributed by atoms with Gasteiger partial charge in [0.15, 0.2) is 5.13 Å². The molecule has 0 saturated carbocycles. The fourth-order valence-corrected chi connectivity index (χ4v) is 3.85. The van der Waals surface area contributed by atoms with Gasteiger partial charge < -0.3 is 10.2 Å². The van der Waals surface area contributed by atoms with E-state index in [9.17, 15) is 9.18 Å². The highest BCUT2D eigenvalue weighted by Crippen LogP contribution is 2.32. The van der Waals surface area contributed by atoms with Crippen LogP contribution in [-0.4, -0.2) is 30.5 Å². The van der Waals surface area contributed by atoms with Crippen LogP contribution in [0, 0.1) is 17.7 Å². The maximum atomic E-state index is 13.8. The Morgan fingerprint density at radius 3 is 2.83 bits per heavy atom. The van der Waals surface area contributed by atoms with Gasteiger partial charge in [-0.05, 0) is 30.9 Å². The number of nitrogens with one attached hydrogen (secondary N) is 1. The van der Waals surface area contributed by atoms with E-state index in [-0.39, 0.29) is 17.6 Å². The number of thiazole rings is 1. The van der Waals surface area contributed by atoms with Gasteiger partial charge in [-0.15, -0.1) is 0 Å². The average Bonchev–Trinajstić information content (AvgIpc) is 2.98. The number of halogens is 1. The molecule has 3 rings (SSSR count). The number of hydrogen-bond donors (Lipinski definition) is 1. The first-order valence-corrected chi connectivity index (χ1v) is 8.94. The zero-order valence-corrected chi connectivity index (χ0v) is 14.3. The van der Waals surface area contributed by atoms with Gasteiger partial charge in [0.1, 0.15) is 11.3 Å². The van der Waals surface area contributed by atoms with E-state index in [2.05, 4.69) is 29.0 Å². The van der Waals surface area contributed by atoms with Crippen molar-refractivity contribution in [2.24, 2.45) is 11.8 Å². The van der Waals surface area contributed by atoms with Crippen LogP contribution in [0.2, 0.25) is 0 Å². The molecule has 0 spiro atoms. The first kappa shape index (κ1) is 16.2. The summed E-state index contributed by atoms with van der Waals surface area (Å²) in [6, 6.07) is 5.05. The maximum absolute atomic E-state index is 13.8. The van der Waals surface area contributed by atoms with Crippen LogP contribution < -0.4 is 10.2 Å². The van der Waals surface area contributed by atoms with Gasteiger partial charge in [-0.1, -0.05) is 31.3 Å². The highest BCUT2D eigenvalue weighted by molar-refractivity contribution is 7.22. The second-order valence-corrected chi connectivity index (χ2v) is 7.49. The molecule has 23 heavy (non-hydrogen) atoms. The topological polar surface area (TPSA) is 45.2 Å². The van der Waals surface area contributed by atoms with E-state index in [0.717, 1.165) is 42.3 Å². The number of aromatic nitrogens is 1. The highest BCUT2D eigenvalue weighted by atomic mass is 32.1. The van der Waals surface area contributed by atoms with Crippen molar-refractivity contribution < 1.29 is 9.18 Å². The van der Waals surface area contributed by atoms with Gasteiger partial charge >= 0.3 is 0 Å². The molecule has 1 aromatic heterocycles. The molecule has 2 heterocycles. The van der Waals surface area contributed by atoms with Crippen molar-refractivity contribution in [3.8, 4) is 0 Å². The van der Waals surface area contributed by atoms with Crippen LogP contribution in [0.1, 0.15) is 26.7 Å². The Hall–Kier alpha value is -1.69. The molecule has 6 heteroatoms. The fourth-order valence-electron chi connectivity index (χ4n) is 2.82. The molecule has 1 N–H and O–H groups in total. The first-order valence-electron chi connectivity index (χ1n) is 8.12. The van der Waals surface area contributed by atoms with E-state index in [1.165, 1.54) is 17.4 Å². The van der Waals surface area contributed by atoms with Crippen molar-refractivity contribution in [2.75, 3.05) is 24.5 Å². The minimum atomic E-state index is -0.270. The van der Waals surface area contributed by atoms with Crippen molar-refractivity contribution >= 4 is 32.6 Å². The number of anilines is 1. The van der Waals surface area contributed by atoms with Crippen LogP contribution in [0.5, 0.6) is 0 Å². The zero-order chi connectivity index (χ0) is 16.4. The molecular weight excluding hydrogens is 313 g/mol. The second kappa shape index (κ2) is 6.83. The number of piperidine rings is 1. The summed E-state index contributed by atoms with van der Waals surface area (Å²) in [4.78, 5) is 18.7.